The van der Waals surface area contributed by atoms with Gasteiger partial charge in [0.25, 0.3) is 0 Å². The summed E-state index contributed by atoms with van der Waals surface area (Å²) in [5.41, 5.74) is 1.52. The molecule has 194 valence electrons. The van der Waals surface area contributed by atoms with Crippen LogP contribution in [0.1, 0.15) is 27.7 Å². The van der Waals surface area contributed by atoms with E-state index in [2.05, 4.69) is 68.8 Å². The molecule has 1 aromatic heterocycles. The standard InChI is InChI=1S/C29H40FN3O2Si/c1-7-32-14-16-33(17-15-32)28-24-11-9-8-10-22(24)21-26(31-28)23-12-13-27(25(30)20-23)34-18-19-35-36(5,6)29(2,3)4/h8-13,20-21H,7,14-19H2,1-6H3. The van der Waals surface area contributed by atoms with Crippen LogP contribution in [0.2, 0.25) is 18.1 Å². The first-order valence-corrected chi connectivity index (χ1v) is 15.9. The average Bonchev–Trinajstić information content (AvgIpc) is 2.86. The number of ether oxygens (including phenoxy) is 1. The fourth-order valence-corrected chi connectivity index (χ4v) is 5.31. The van der Waals surface area contributed by atoms with Crippen molar-refractivity contribution in [3.05, 3.63) is 54.3 Å². The third-order valence-corrected chi connectivity index (χ3v) is 12.2. The Balaban J connectivity index is 1.51. The molecule has 0 bridgehead atoms. The van der Waals surface area contributed by atoms with Crippen LogP contribution in [0.5, 0.6) is 5.75 Å². The molecule has 2 aromatic carbocycles. The number of benzene rings is 2. The molecule has 1 saturated heterocycles. The molecule has 5 nitrogen and oxygen atoms in total. The first-order valence-electron chi connectivity index (χ1n) is 13.0. The Morgan fingerprint density at radius 3 is 2.36 bits per heavy atom. The third-order valence-electron chi connectivity index (χ3n) is 7.68. The predicted octanol–water partition coefficient (Wildman–Crippen LogP) is 6.58. The van der Waals surface area contributed by atoms with Gasteiger partial charge in [-0.2, -0.15) is 0 Å². The van der Waals surface area contributed by atoms with Crippen LogP contribution in [-0.2, 0) is 4.43 Å². The molecule has 1 aliphatic rings. The Morgan fingerprint density at radius 1 is 0.972 bits per heavy atom. The molecule has 0 saturated carbocycles. The molecule has 3 aromatic rings. The van der Waals surface area contributed by atoms with Gasteiger partial charge in [0.1, 0.15) is 12.4 Å². The van der Waals surface area contributed by atoms with Gasteiger partial charge in [-0.25, -0.2) is 9.37 Å². The van der Waals surface area contributed by atoms with Crippen molar-refractivity contribution in [2.24, 2.45) is 0 Å². The number of fused-ring (bicyclic) bond motifs is 1. The number of rotatable bonds is 8. The highest BCUT2D eigenvalue weighted by Gasteiger charge is 2.36. The first kappa shape index (κ1) is 26.6. The summed E-state index contributed by atoms with van der Waals surface area (Å²) < 4.78 is 26.9. The molecule has 0 radical (unpaired) electrons. The number of aromatic nitrogens is 1. The van der Waals surface area contributed by atoms with Gasteiger partial charge in [-0.05, 0) is 54.3 Å². The Labute approximate surface area is 216 Å². The topological polar surface area (TPSA) is 37.8 Å². The molecule has 0 aliphatic carbocycles. The number of halogens is 1. The van der Waals surface area contributed by atoms with E-state index in [4.69, 9.17) is 14.1 Å². The minimum atomic E-state index is -1.85. The van der Waals surface area contributed by atoms with Crippen LogP contribution in [0.15, 0.2) is 48.5 Å². The van der Waals surface area contributed by atoms with Crippen molar-refractivity contribution >= 4 is 24.9 Å². The summed E-state index contributed by atoms with van der Waals surface area (Å²) in [5.74, 6) is 0.838. The second kappa shape index (κ2) is 10.9. The van der Waals surface area contributed by atoms with Crippen LogP contribution in [0.3, 0.4) is 0 Å². The molecule has 36 heavy (non-hydrogen) atoms. The number of hydrogen-bond donors (Lipinski definition) is 0. The van der Waals surface area contributed by atoms with Gasteiger partial charge in [-0.1, -0.05) is 52.0 Å². The highest BCUT2D eigenvalue weighted by molar-refractivity contribution is 6.74. The Bertz CT molecular complexity index is 1190. The number of pyridine rings is 1. The maximum absolute atomic E-state index is 15.0. The summed E-state index contributed by atoms with van der Waals surface area (Å²) in [6.07, 6.45) is 0. The van der Waals surface area contributed by atoms with Gasteiger partial charge >= 0.3 is 0 Å². The highest BCUT2D eigenvalue weighted by atomic mass is 28.4. The maximum Gasteiger partial charge on any atom is 0.192 e. The number of hydrogen-bond acceptors (Lipinski definition) is 5. The third kappa shape index (κ3) is 5.90. The molecule has 0 amide bonds. The Morgan fingerprint density at radius 2 is 1.69 bits per heavy atom. The quantitative estimate of drug-likeness (QED) is 0.253. The molecular weight excluding hydrogens is 469 g/mol. The van der Waals surface area contributed by atoms with Gasteiger partial charge in [0.15, 0.2) is 19.9 Å². The van der Waals surface area contributed by atoms with Crippen LogP contribution in [0, 0.1) is 5.82 Å². The molecule has 0 atom stereocenters. The second-order valence-electron chi connectivity index (χ2n) is 11.1. The number of anilines is 1. The number of likely N-dealkylation sites (N-methyl/N-ethyl adjacent to an activating group) is 1. The van der Waals surface area contributed by atoms with Crippen LogP contribution in [-0.4, -0.2) is 64.1 Å². The van der Waals surface area contributed by atoms with E-state index in [1.165, 1.54) is 6.07 Å². The molecule has 4 rings (SSSR count). The van der Waals surface area contributed by atoms with Crippen molar-refractivity contribution in [3.8, 4) is 17.0 Å². The Hall–Kier alpha value is -2.48. The van der Waals surface area contributed by atoms with Crippen molar-refractivity contribution in [2.75, 3.05) is 50.8 Å². The molecular formula is C29H40FN3O2Si. The van der Waals surface area contributed by atoms with Gasteiger partial charge in [-0.15, -0.1) is 0 Å². The van der Waals surface area contributed by atoms with Gasteiger partial charge in [0.2, 0.25) is 0 Å². The fraction of sp³-hybridized carbons (Fsp3) is 0.483. The van der Waals surface area contributed by atoms with E-state index in [9.17, 15) is 0 Å². The lowest BCUT2D eigenvalue weighted by atomic mass is 10.1. The summed E-state index contributed by atoms with van der Waals surface area (Å²) in [6, 6.07) is 15.5. The van der Waals surface area contributed by atoms with Crippen molar-refractivity contribution in [1.82, 2.24) is 9.88 Å². The molecule has 0 spiro atoms. The largest absolute Gasteiger partial charge is 0.488 e. The zero-order valence-corrected chi connectivity index (χ0v) is 23.6. The highest BCUT2D eigenvalue weighted by Crippen LogP contribution is 2.36. The van der Waals surface area contributed by atoms with Crippen molar-refractivity contribution in [3.63, 3.8) is 0 Å². The molecule has 7 heteroatoms. The van der Waals surface area contributed by atoms with E-state index in [0.29, 0.717) is 13.2 Å². The van der Waals surface area contributed by atoms with Crippen LogP contribution in [0.4, 0.5) is 10.2 Å². The summed E-state index contributed by atoms with van der Waals surface area (Å²) in [6.45, 7) is 19.0. The lowest BCUT2D eigenvalue weighted by Crippen LogP contribution is -2.46. The van der Waals surface area contributed by atoms with Crippen molar-refractivity contribution in [1.29, 1.82) is 0 Å². The zero-order valence-electron chi connectivity index (χ0n) is 22.6. The summed E-state index contributed by atoms with van der Waals surface area (Å²) >= 11 is 0. The second-order valence-corrected chi connectivity index (χ2v) is 15.9. The molecule has 0 unspecified atom stereocenters. The predicted molar refractivity (Wildman–Crippen MR) is 150 cm³/mol. The van der Waals surface area contributed by atoms with E-state index in [-0.39, 0.29) is 16.6 Å². The van der Waals surface area contributed by atoms with Gasteiger partial charge in [0, 0.05) is 37.1 Å². The van der Waals surface area contributed by atoms with E-state index in [1.54, 1.807) is 6.07 Å². The summed E-state index contributed by atoms with van der Waals surface area (Å²) in [5, 5.41) is 2.38. The minimum absolute atomic E-state index is 0.134. The monoisotopic (exact) mass is 509 g/mol. The average molecular weight is 510 g/mol. The van der Waals surface area contributed by atoms with Gasteiger partial charge < -0.3 is 19.0 Å². The lowest BCUT2D eigenvalue weighted by Gasteiger charge is -2.36. The van der Waals surface area contributed by atoms with Crippen LogP contribution < -0.4 is 9.64 Å². The first-order chi connectivity index (χ1) is 17.1. The summed E-state index contributed by atoms with van der Waals surface area (Å²) in [7, 11) is -1.85. The normalized spacial score (nSPS) is 15.5. The van der Waals surface area contributed by atoms with E-state index >= 15 is 4.39 Å². The van der Waals surface area contributed by atoms with Crippen LogP contribution >= 0.6 is 0 Å². The van der Waals surface area contributed by atoms with Crippen molar-refractivity contribution < 1.29 is 13.6 Å². The minimum Gasteiger partial charge on any atom is -0.488 e. The smallest absolute Gasteiger partial charge is 0.192 e. The van der Waals surface area contributed by atoms with Crippen LogP contribution in [0.25, 0.3) is 22.0 Å². The SMILES string of the molecule is CCN1CCN(c2nc(-c3ccc(OCCO[Si](C)(C)C(C)(C)C)c(F)c3)cc3ccccc23)CC1. The van der Waals surface area contributed by atoms with Crippen molar-refractivity contribution in [2.45, 2.75) is 45.8 Å². The molecule has 1 fully saturated rings. The fourth-order valence-electron chi connectivity index (χ4n) is 4.29. The number of nitrogens with zero attached hydrogens (tertiary/aromatic N) is 3. The van der Waals surface area contributed by atoms with Gasteiger partial charge in [-0.3, -0.25) is 0 Å². The molecule has 0 N–H and O–H groups in total. The van der Waals surface area contributed by atoms with E-state index < -0.39 is 8.32 Å². The zero-order chi connectivity index (χ0) is 25.9. The lowest BCUT2D eigenvalue weighted by molar-refractivity contribution is 0.199. The maximum atomic E-state index is 15.0. The van der Waals surface area contributed by atoms with E-state index in [0.717, 1.165) is 60.6 Å². The molecule has 2 heterocycles. The van der Waals surface area contributed by atoms with E-state index in [1.807, 2.05) is 18.2 Å². The Kier molecular flexibility index (Phi) is 8.02. The number of piperazine rings is 1. The molecule has 1 aliphatic heterocycles. The van der Waals surface area contributed by atoms with Gasteiger partial charge in [0.05, 0.1) is 12.3 Å². The summed E-state index contributed by atoms with van der Waals surface area (Å²) in [4.78, 5) is 9.83.